The zero-order valence-corrected chi connectivity index (χ0v) is 19.0. The molecule has 1 saturated carbocycles. The van der Waals surface area contributed by atoms with Crippen molar-refractivity contribution in [1.29, 1.82) is 0 Å². The molecule has 1 saturated heterocycles. The molecular weight excluding hydrogens is 412 g/mol. The summed E-state index contributed by atoms with van der Waals surface area (Å²) in [6.45, 7) is 6.30. The third-order valence-electron chi connectivity index (χ3n) is 5.94. The summed E-state index contributed by atoms with van der Waals surface area (Å²) >= 11 is 0. The number of nitrogens with zero attached hydrogens (tertiary/aromatic N) is 2. The molecule has 0 bridgehead atoms. The van der Waals surface area contributed by atoms with Crippen molar-refractivity contribution in [3.8, 4) is 0 Å². The van der Waals surface area contributed by atoms with Gasteiger partial charge in [0.05, 0.1) is 18.1 Å². The van der Waals surface area contributed by atoms with Crippen LogP contribution >= 0.6 is 0 Å². The predicted octanol–water partition coefficient (Wildman–Crippen LogP) is 3.64. The van der Waals surface area contributed by atoms with Gasteiger partial charge in [0, 0.05) is 31.2 Å². The average Bonchev–Trinajstić information content (AvgIpc) is 3.63. The lowest BCUT2D eigenvalue weighted by Gasteiger charge is -2.26. The molecule has 0 unspecified atom stereocenters. The van der Waals surface area contributed by atoms with Crippen molar-refractivity contribution < 1.29 is 17.9 Å². The minimum atomic E-state index is -3.64. The van der Waals surface area contributed by atoms with Crippen molar-refractivity contribution in [2.75, 3.05) is 26.3 Å². The van der Waals surface area contributed by atoms with Gasteiger partial charge in [-0.1, -0.05) is 44.2 Å². The Bertz CT molecular complexity index is 1020. The number of ether oxygens (including phenoxy) is 1. The van der Waals surface area contributed by atoms with E-state index in [1.807, 2.05) is 4.90 Å². The molecule has 4 rings (SSSR count). The maximum absolute atomic E-state index is 13.4. The van der Waals surface area contributed by atoms with Crippen LogP contribution in [0.15, 0.2) is 53.4 Å². The molecule has 1 aliphatic carbocycles. The van der Waals surface area contributed by atoms with Crippen molar-refractivity contribution in [3.05, 3.63) is 65.2 Å². The van der Waals surface area contributed by atoms with Gasteiger partial charge in [0.2, 0.25) is 10.0 Å². The lowest BCUT2D eigenvalue weighted by Crippen LogP contribution is -2.40. The van der Waals surface area contributed by atoms with Crippen molar-refractivity contribution in [2.45, 2.75) is 50.1 Å². The van der Waals surface area contributed by atoms with E-state index >= 15 is 0 Å². The number of sulfonamides is 1. The highest BCUT2D eigenvalue weighted by atomic mass is 32.2. The van der Waals surface area contributed by atoms with E-state index in [2.05, 4.69) is 38.1 Å². The Hall–Kier alpha value is -2.22. The first-order valence-electron chi connectivity index (χ1n) is 10.9. The van der Waals surface area contributed by atoms with Crippen molar-refractivity contribution in [2.24, 2.45) is 0 Å². The van der Waals surface area contributed by atoms with Gasteiger partial charge in [0.1, 0.15) is 0 Å². The topological polar surface area (TPSA) is 66.9 Å². The fourth-order valence-corrected chi connectivity index (χ4v) is 5.30. The summed E-state index contributed by atoms with van der Waals surface area (Å²) in [5.74, 6) is 0.348. The highest BCUT2D eigenvalue weighted by Gasteiger charge is 2.34. The van der Waals surface area contributed by atoms with Crippen LogP contribution in [-0.4, -0.2) is 55.9 Å². The molecule has 31 heavy (non-hydrogen) atoms. The molecule has 0 aromatic heterocycles. The lowest BCUT2D eigenvalue weighted by molar-refractivity contribution is 0.0725. The van der Waals surface area contributed by atoms with Crippen LogP contribution in [-0.2, 0) is 21.3 Å². The Kier molecular flexibility index (Phi) is 6.46. The first kappa shape index (κ1) is 22.0. The van der Waals surface area contributed by atoms with Crippen molar-refractivity contribution in [1.82, 2.24) is 9.21 Å². The molecule has 0 N–H and O–H groups in total. The summed E-state index contributed by atoms with van der Waals surface area (Å²) in [5, 5.41) is 0. The van der Waals surface area contributed by atoms with Crippen LogP contribution in [0.4, 0.5) is 0 Å². The summed E-state index contributed by atoms with van der Waals surface area (Å²) < 4.78 is 32.7. The van der Waals surface area contributed by atoms with Gasteiger partial charge in [-0.25, -0.2) is 8.42 Å². The first-order chi connectivity index (χ1) is 14.9. The number of hydrogen-bond donors (Lipinski definition) is 0. The number of amides is 1. The van der Waals surface area contributed by atoms with Crippen LogP contribution in [0.2, 0.25) is 0 Å². The number of rotatable bonds is 7. The summed E-state index contributed by atoms with van der Waals surface area (Å²) in [6, 6.07) is 15.1. The first-order valence-corrected chi connectivity index (χ1v) is 12.4. The fourth-order valence-electron chi connectivity index (χ4n) is 3.85. The average molecular weight is 443 g/mol. The second kappa shape index (κ2) is 9.10. The Labute approximate surface area is 184 Å². The van der Waals surface area contributed by atoms with Gasteiger partial charge in [0.25, 0.3) is 5.91 Å². The lowest BCUT2D eigenvalue weighted by atomic mass is 10.0. The van der Waals surface area contributed by atoms with Crippen LogP contribution < -0.4 is 0 Å². The number of hydrogen-bond acceptors (Lipinski definition) is 4. The molecule has 2 aliphatic rings. The SMILES string of the molecule is CC(C)c1ccc(CN(C(=O)c2cccc(S(=O)(=O)N3CCOCC3)c2)C2CC2)cc1. The standard InChI is InChI=1S/C24H30N2O4S/c1-18(2)20-8-6-19(7-9-20)17-26(22-10-11-22)24(27)21-4-3-5-23(16-21)31(28,29)25-12-14-30-15-13-25/h3-9,16,18,22H,10-15,17H2,1-2H3. The van der Waals surface area contributed by atoms with Gasteiger partial charge in [-0.2, -0.15) is 4.31 Å². The number of carbonyl (C=O) groups excluding carboxylic acids is 1. The van der Waals surface area contributed by atoms with E-state index in [0.29, 0.717) is 44.3 Å². The summed E-state index contributed by atoms with van der Waals surface area (Å²) in [7, 11) is -3.64. The monoisotopic (exact) mass is 442 g/mol. The van der Waals surface area contributed by atoms with Crippen LogP contribution in [0.1, 0.15) is 54.1 Å². The van der Waals surface area contributed by atoms with E-state index in [-0.39, 0.29) is 16.8 Å². The Balaban J connectivity index is 1.55. The van der Waals surface area contributed by atoms with E-state index < -0.39 is 10.0 Å². The highest BCUT2D eigenvalue weighted by Crippen LogP contribution is 2.31. The van der Waals surface area contributed by atoms with Gasteiger partial charge in [-0.05, 0) is 48.1 Å². The molecule has 2 fully saturated rings. The molecule has 2 aromatic rings. The predicted molar refractivity (Wildman–Crippen MR) is 119 cm³/mol. The zero-order chi connectivity index (χ0) is 22.0. The minimum absolute atomic E-state index is 0.116. The smallest absolute Gasteiger partial charge is 0.254 e. The van der Waals surface area contributed by atoms with Crippen LogP contribution in [0, 0.1) is 0 Å². The Morgan fingerprint density at radius 2 is 1.77 bits per heavy atom. The third-order valence-corrected chi connectivity index (χ3v) is 7.83. The van der Waals surface area contributed by atoms with E-state index in [9.17, 15) is 13.2 Å². The highest BCUT2D eigenvalue weighted by molar-refractivity contribution is 7.89. The molecule has 1 amide bonds. The van der Waals surface area contributed by atoms with Crippen LogP contribution in [0.3, 0.4) is 0 Å². The Morgan fingerprint density at radius 3 is 2.39 bits per heavy atom. The van der Waals surface area contributed by atoms with Crippen LogP contribution in [0.5, 0.6) is 0 Å². The molecule has 0 atom stereocenters. The maximum atomic E-state index is 13.4. The fraction of sp³-hybridized carbons (Fsp3) is 0.458. The van der Waals surface area contributed by atoms with E-state index in [4.69, 9.17) is 4.74 Å². The molecule has 1 heterocycles. The molecule has 6 nitrogen and oxygen atoms in total. The Morgan fingerprint density at radius 1 is 1.10 bits per heavy atom. The van der Waals surface area contributed by atoms with Gasteiger partial charge in [-0.15, -0.1) is 0 Å². The molecule has 1 aliphatic heterocycles. The third kappa shape index (κ3) is 5.00. The number of benzene rings is 2. The minimum Gasteiger partial charge on any atom is -0.379 e. The van der Waals surface area contributed by atoms with Gasteiger partial charge >= 0.3 is 0 Å². The summed E-state index contributed by atoms with van der Waals surface area (Å²) in [6.07, 6.45) is 1.98. The molecule has 166 valence electrons. The van der Waals surface area contributed by atoms with E-state index in [1.54, 1.807) is 18.2 Å². The van der Waals surface area contributed by atoms with Gasteiger partial charge < -0.3 is 9.64 Å². The number of carbonyl (C=O) groups is 1. The second-order valence-electron chi connectivity index (χ2n) is 8.60. The van der Waals surface area contributed by atoms with Crippen molar-refractivity contribution in [3.63, 3.8) is 0 Å². The van der Waals surface area contributed by atoms with Gasteiger partial charge in [-0.3, -0.25) is 4.79 Å². The largest absolute Gasteiger partial charge is 0.379 e. The maximum Gasteiger partial charge on any atom is 0.254 e. The number of morpholine rings is 1. The quantitative estimate of drug-likeness (QED) is 0.657. The van der Waals surface area contributed by atoms with Crippen molar-refractivity contribution >= 4 is 15.9 Å². The molecular formula is C24H30N2O4S. The second-order valence-corrected chi connectivity index (χ2v) is 10.5. The van der Waals surface area contributed by atoms with E-state index in [1.165, 1.54) is 15.9 Å². The molecule has 0 spiro atoms. The van der Waals surface area contributed by atoms with Crippen LogP contribution in [0.25, 0.3) is 0 Å². The van der Waals surface area contributed by atoms with E-state index in [0.717, 1.165) is 18.4 Å². The molecule has 2 aromatic carbocycles. The van der Waals surface area contributed by atoms with Gasteiger partial charge in [0.15, 0.2) is 0 Å². The zero-order valence-electron chi connectivity index (χ0n) is 18.2. The summed E-state index contributed by atoms with van der Waals surface area (Å²) in [4.78, 5) is 15.4. The molecule has 7 heteroatoms. The normalized spacial score (nSPS) is 17.6. The molecule has 0 radical (unpaired) electrons. The summed E-state index contributed by atoms with van der Waals surface area (Å²) in [5.41, 5.74) is 2.77.